The van der Waals surface area contributed by atoms with Gasteiger partial charge in [0.05, 0.1) is 6.10 Å². The molecule has 0 aromatic carbocycles. The van der Waals surface area contributed by atoms with E-state index in [0.717, 1.165) is 0 Å². The fraction of sp³-hybridized carbons (Fsp3) is 0.800. The van der Waals surface area contributed by atoms with Crippen molar-refractivity contribution in [3.8, 4) is 0 Å². The van der Waals surface area contributed by atoms with E-state index in [0.29, 0.717) is 6.41 Å². The highest BCUT2D eigenvalue weighted by Gasteiger charge is 2.06. The summed E-state index contributed by atoms with van der Waals surface area (Å²) >= 11 is 0. The number of aliphatic hydroxyl groups is 1. The summed E-state index contributed by atoms with van der Waals surface area (Å²) in [4.78, 5) is 9.67. The summed E-state index contributed by atoms with van der Waals surface area (Å²) < 4.78 is 0. The van der Waals surface area contributed by atoms with Crippen molar-refractivity contribution < 1.29 is 9.90 Å². The third kappa shape index (κ3) is 3.93. The van der Waals surface area contributed by atoms with Crippen LogP contribution in [0.2, 0.25) is 0 Å². The molecule has 1 unspecified atom stereocenters. The number of rotatable bonds is 4. The van der Waals surface area contributed by atoms with Crippen LogP contribution in [0.1, 0.15) is 6.92 Å². The van der Waals surface area contributed by atoms with E-state index in [2.05, 4.69) is 5.32 Å². The summed E-state index contributed by atoms with van der Waals surface area (Å²) in [5, 5.41) is 11.2. The third-order valence-electron chi connectivity index (χ3n) is 1.02. The van der Waals surface area contributed by atoms with Gasteiger partial charge in [-0.2, -0.15) is 0 Å². The maximum atomic E-state index is 9.67. The summed E-state index contributed by atoms with van der Waals surface area (Å²) in [5.41, 5.74) is 5.27. The van der Waals surface area contributed by atoms with Gasteiger partial charge < -0.3 is 16.2 Å². The van der Waals surface area contributed by atoms with Gasteiger partial charge >= 0.3 is 0 Å². The van der Waals surface area contributed by atoms with Gasteiger partial charge in [0, 0.05) is 12.6 Å². The largest absolute Gasteiger partial charge is 0.390 e. The second-order valence-electron chi connectivity index (χ2n) is 1.95. The first-order chi connectivity index (χ1) is 4.18. The highest BCUT2D eigenvalue weighted by molar-refractivity contribution is 5.45. The molecule has 0 aliphatic heterocycles. The van der Waals surface area contributed by atoms with Crippen molar-refractivity contribution >= 4 is 6.41 Å². The monoisotopic (exact) mass is 132 g/mol. The Morgan fingerprint density at radius 1 is 1.89 bits per heavy atom. The summed E-state index contributed by atoms with van der Waals surface area (Å²) in [6, 6.07) is -0.294. The Labute approximate surface area is 54.0 Å². The zero-order valence-electron chi connectivity index (χ0n) is 5.37. The Hall–Kier alpha value is -0.610. The lowest BCUT2D eigenvalue weighted by molar-refractivity contribution is -0.110. The van der Waals surface area contributed by atoms with Crippen LogP contribution >= 0.6 is 0 Å². The first-order valence-electron chi connectivity index (χ1n) is 2.79. The molecule has 0 aliphatic carbocycles. The molecule has 0 saturated heterocycles. The normalized spacial score (nSPS) is 16.3. The predicted octanol–water partition coefficient (Wildman–Crippen LogP) is -1.56. The van der Waals surface area contributed by atoms with Gasteiger partial charge in [-0.3, -0.25) is 4.79 Å². The van der Waals surface area contributed by atoms with Crippen molar-refractivity contribution in [3.05, 3.63) is 0 Å². The van der Waals surface area contributed by atoms with E-state index in [1.165, 1.54) is 0 Å². The van der Waals surface area contributed by atoms with Gasteiger partial charge in [-0.05, 0) is 6.92 Å². The minimum Gasteiger partial charge on any atom is -0.390 e. The van der Waals surface area contributed by atoms with Crippen molar-refractivity contribution in [1.29, 1.82) is 0 Å². The molecule has 0 rings (SSSR count). The minimum atomic E-state index is -0.643. The van der Waals surface area contributed by atoms with E-state index in [4.69, 9.17) is 10.8 Å². The number of amides is 1. The van der Waals surface area contributed by atoms with Gasteiger partial charge in [0.2, 0.25) is 6.41 Å². The average Bonchev–Trinajstić information content (AvgIpc) is 1.82. The Bertz CT molecular complexity index is 85.0. The highest BCUT2D eigenvalue weighted by atomic mass is 16.3. The first-order valence-corrected chi connectivity index (χ1v) is 2.79. The number of nitrogens with two attached hydrogens (primary N) is 1. The minimum absolute atomic E-state index is 0.223. The predicted molar refractivity (Wildman–Crippen MR) is 33.7 cm³/mol. The van der Waals surface area contributed by atoms with Crippen molar-refractivity contribution in [1.82, 2.24) is 5.32 Å². The van der Waals surface area contributed by atoms with Crippen LogP contribution in [0.15, 0.2) is 0 Å². The number of hydrogen-bond donors (Lipinski definition) is 3. The van der Waals surface area contributed by atoms with Crippen LogP contribution in [-0.2, 0) is 4.79 Å². The molecule has 0 aromatic rings. The molecule has 4 nitrogen and oxygen atoms in total. The lowest BCUT2D eigenvalue weighted by atomic mass is 10.2. The molecule has 0 aliphatic rings. The average molecular weight is 132 g/mol. The molecule has 0 spiro atoms. The van der Waals surface area contributed by atoms with Crippen LogP contribution in [0.5, 0.6) is 0 Å². The fourth-order valence-corrected chi connectivity index (χ4v) is 0.355. The van der Waals surface area contributed by atoms with Crippen molar-refractivity contribution in [3.63, 3.8) is 0 Å². The Morgan fingerprint density at radius 3 is 2.78 bits per heavy atom. The highest BCUT2D eigenvalue weighted by Crippen LogP contribution is 1.84. The van der Waals surface area contributed by atoms with E-state index in [1.807, 2.05) is 0 Å². The van der Waals surface area contributed by atoms with E-state index in [-0.39, 0.29) is 12.6 Å². The van der Waals surface area contributed by atoms with Crippen molar-refractivity contribution in [2.45, 2.75) is 19.1 Å². The maximum Gasteiger partial charge on any atom is 0.207 e. The van der Waals surface area contributed by atoms with Gasteiger partial charge in [0.1, 0.15) is 0 Å². The zero-order valence-corrected chi connectivity index (χ0v) is 5.37. The Balaban J connectivity index is 3.26. The third-order valence-corrected chi connectivity index (χ3v) is 1.02. The lowest BCUT2D eigenvalue weighted by Gasteiger charge is -2.12. The second kappa shape index (κ2) is 4.29. The molecule has 4 N–H and O–H groups in total. The zero-order chi connectivity index (χ0) is 7.28. The van der Waals surface area contributed by atoms with Gasteiger partial charge in [-0.15, -0.1) is 0 Å². The lowest BCUT2D eigenvalue weighted by Crippen LogP contribution is -2.39. The van der Waals surface area contributed by atoms with E-state index >= 15 is 0 Å². The molecule has 1 amide bonds. The number of hydrogen-bond acceptors (Lipinski definition) is 3. The summed E-state index contributed by atoms with van der Waals surface area (Å²) in [6.07, 6.45) is -0.110. The van der Waals surface area contributed by atoms with Crippen LogP contribution in [0.3, 0.4) is 0 Å². The van der Waals surface area contributed by atoms with Crippen LogP contribution in [0.25, 0.3) is 0 Å². The van der Waals surface area contributed by atoms with Crippen molar-refractivity contribution in [2.75, 3.05) is 6.54 Å². The summed E-state index contributed by atoms with van der Waals surface area (Å²) in [6.45, 7) is 1.90. The number of aliphatic hydroxyl groups excluding tert-OH is 1. The molecule has 9 heavy (non-hydrogen) atoms. The second-order valence-corrected chi connectivity index (χ2v) is 1.95. The molecule has 0 bridgehead atoms. The molecular formula is C5H12N2O2. The number of carbonyl (C=O) groups is 1. The van der Waals surface area contributed by atoms with Crippen LogP contribution in [0.4, 0.5) is 0 Å². The topological polar surface area (TPSA) is 75.3 Å². The molecular weight excluding hydrogens is 120 g/mol. The van der Waals surface area contributed by atoms with E-state index in [9.17, 15) is 4.79 Å². The van der Waals surface area contributed by atoms with E-state index in [1.54, 1.807) is 6.92 Å². The molecule has 0 aromatic heterocycles. The molecule has 4 heteroatoms. The molecule has 0 heterocycles. The fourth-order valence-electron chi connectivity index (χ4n) is 0.355. The smallest absolute Gasteiger partial charge is 0.207 e. The molecule has 54 valence electrons. The first kappa shape index (κ1) is 8.39. The van der Waals surface area contributed by atoms with Crippen LogP contribution in [-0.4, -0.2) is 30.2 Å². The summed E-state index contributed by atoms with van der Waals surface area (Å²) in [7, 11) is 0. The van der Waals surface area contributed by atoms with Crippen LogP contribution in [0, 0.1) is 0 Å². The Morgan fingerprint density at radius 2 is 2.44 bits per heavy atom. The van der Waals surface area contributed by atoms with Crippen molar-refractivity contribution in [2.24, 2.45) is 5.73 Å². The molecule has 0 fully saturated rings. The SMILES string of the molecule is C[C@H](N)C(O)CNC=O. The van der Waals surface area contributed by atoms with Crippen LogP contribution < -0.4 is 11.1 Å². The summed E-state index contributed by atoms with van der Waals surface area (Å²) in [5.74, 6) is 0. The van der Waals surface area contributed by atoms with Gasteiger partial charge in [-0.1, -0.05) is 0 Å². The Kier molecular flexibility index (Phi) is 4.00. The molecule has 0 saturated carbocycles. The maximum absolute atomic E-state index is 9.67. The van der Waals surface area contributed by atoms with Gasteiger partial charge in [-0.25, -0.2) is 0 Å². The van der Waals surface area contributed by atoms with E-state index < -0.39 is 6.10 Å². The quantitative estimate of drug-likeness (QED) is 0.405. The molecule has 2 atom stereocenters. The van der Waals surface area contributed by atoms with Gasteiger partial charge in [0.25, 0.3) is 0 Å². The number of carbonyl (C=O) groups excluding carboxylic acids is 1. The number of nitrogens with one attached hydrogen (secondary N) is 1. The molecule has 0 radical (unpaired) electrons. The van der Waals surface area contributed by atoms with Gasteiger partial charge in [0.15, 0.2) is 0 Å². The standard InChI is InChI=1S/C5H12N2O2/c1-4(6)5(9)2-7-3-8/h3-5,9H,2,6H2,1H3,(H,7,8)/t4-,5?/m0/s1.